The van der Waals surface area contributed by atoms with Crippen molar-refractivity contribution < 1.29 is 73.9 Å². The number of carbonyl (C=O) groups is 4. The van der Waals surface area contributed by atoms with E-state index < -0.39 is 106 Å². The minimum Gasteiger partial charge on any atom is -0.507 e. The molecule has 0 spiro atoms. The van der Waals surface area contributed by atoms with Gasteiger partial charge in [0.1, 0.15) is 58.9 Å². The van der Waals surface area contributed by atoms with Gasteiger partial charge in [0.05, 0.1) is 48.6 Å². The summed E-state index contributed by atoms with van der Waals surface area (Å²) >= 11 is 0. The number of carbonyl (C=O) groups excluding carboxylic acids is 4. The molecule has 3 aliphatic rings. The first-order chi connectivity index (χ1) is 25.1. The Morgan fingerprint density at radius 3 is 1.66 bits per heavy atom. The SMILES string of the molecule is COc1cc2c(c(O)c1-c1c(OC)cc(O[C@@H]3O[C@H](CO)[C@@H](O)[C@H](O)[C@H]3O)c3c1C(=O)c1cc(C)cc(O)c1C3=O)C(=O)c1c(O)cc(C)cc1C2=O. The molecule has 4 aromatic rings. The number of aliphatic hydroxyl groups is 4. The van der Waals surface area contributed by atoms with E-state index in [4.69, 9.17) is 18.9 Å². The van der Waals surface area contributed by atoms with Crippen LogP contribution in [0.4, 0.5) is 0 Å². The molecule has 1 saturated heterocycles. The maximum Gasteiger partial charge on any atom is 0.229 e. The summed E-state index contributed by atoms with van der Waals surface area (Å²) in [5.41, 5.74) is -2.70. The van der Waals surface area contributed by atoms with Gasteiger partial charge in [0.15, 0.2) is 11.6 Å². The van der Waals surface area contributed by atoms with Crippen molar-refractivity contribution in [2.75, 3.05) is 20.8 Å². The molecule has 15 nitrogen and oxygen atoms in total. The first kappa shape index (κ1) is 35.6. The van der Waals surface area contributed by atoms with E-state index in [1.54, 1.807) is 13.8 Å². The Morgan fingerprint density at radius 2 is 1.09 bits per heavy atom. The monoisotopic (exact) mass is 728 g/mol. The zero-order valence-electron chi connectivity index (χ0n) is 28.5. The average Bonchev–Trinajstić information content (AvgIpc) is 3.11. The molecule has 1 heterocycles. The fraction of sp³-hybridized carbons (Fsp3) is 0.263. The highest BCUT2D eigenvalue weighted by Crippen LogP contribution is 2.54. The molecule has 0 saturated carbocycles. The number of aryl methyl sites for hydroxylation is 2. The lowest BCUT2D eigenvalue weighted by molar-refractivity contribution is -0.277. The van der Waals surface area contributed by atoms with Crippen molar-refractivity contribution in [1.82, 2.24) is 0 Å². The van der Waals surface area contributed by atoms with Gasteiger partial charge in [-0.2, -0.15) is 0 Å². The van der Waals surface area contributed by atoms with Crippen LogP contribution in [0, 0.1) is 13.8 Å². The summed E-state index contributed by atoms with van der Waals surface area (Å²) in [5.74, 6) is -6.38. The number of ether oxygens (including phenoxy) is 4. The summed E-state index contributed by atoms with van der Waals surface area (Å²) in [6.45, 7) is 2.39. The minimum atomic E-state index is -1.94. The summed E-state index contributed by atoms with van der Waals surface area (Å²) in [4.78, 5) is 56.8. The Hall–Kier alpha value is -5.84. The van der Waals surface area contributed by atoms with Crippen molar-refractivity contribution >= 4 is 23.1 Å². The van der Waals surface area contributed by atoms with Crippen LogP contribution >= 0.6 is 0 Å². The first-order valence-corrected chi connectivity index (χ1v) is 16.2. The van der Waals surface area contributed by atoms with E-state index in [9.17, 15) is 54.9 Å². The quantitative estimate of drug-likeness (QED) is 0.129. The number of hydrogen-bond donors (Lipinski definition) is 7. The number of aliphatic hydroxyl groups excluding tert-OH is 4. The molecule has 0 amide bonds. The third-order valence-corrected chi connectivity index (χ3v) is 9.69. The van der Waals surface area contributed by atoms with Crippen LogP contribution in [0.15, 0.2) is 36.4 Å². The molecule has 0 unspecified atom stereocenters. The first-order valence-electron chi connectivity index (χ1n) is 16.2. The van der Waals surface area contributed by atoms with Gasteiger partial charge in [-0.1, -0.05) is 0 Å². The molecule has 7 rings (SSSR count). The van der Waals surface area contributed by atoms with Gasteiger partial charge < -0.3 is 54.7 Å². The van der Waals surface area contributed by atoms with E-state index >= 15 is 0 Å². The number of ketones is 4. The maximum absolute atomic E-state index is 14.6. The molecule has 2 aliphatic carbocycles. The summed E-state index contributed by atoms with van der Waals surface area (Å²) in [5, 5.41) is 74.9. The van der Waals surface area contributed by atoms with Crippen LogP contribution in [0.25, 0.3) is 11.1 Å². The predicted octanol–water partition coefficient (Wildman–Crippen LogP) is 1.83. The third-order valence-electron chi connectivity index (χ3n) is 9.69. The molecule has 7 N–H and O–H groups in total. The lowest BCUT2D eigenvalue weighted by atomic mass is 9.76. The van der Waals surface area contributed by atoms with Gasteiger partial charge in [-0.3, -0.25) is 19.2 Å². The largest absolute Gasteiger partial charge is 0.507 e. The van der Waals surface area contributed by atoms with Crippen molar-refractivity contribution in [3.05, 3.63) is 92.0 Å². The van der Waals surface area contributed by atoms with Crippen LogP contribution in [0.1, 0.15) is 74.8 Å². The third kappa shape index (κ3) is 5.15. The molecule has 15 heteroatoms. The Balaban J connectivity index is 1.53. The summed E-state index contributed by atoms with van der Waals surface area (Å²) in [6, 6.07) is 7.58. The highest BCUT2D eigenvalue weighted by Gasteiger charge is 2.47. The van der Waals surface area contributed by atoms with Crippen molar-refractivity contribution in [2.24, 2.45) is 0 Å². The summed E-state index contributed by atoms with van der Waals surface area (Å²) in [7, 11) is 2.37. The van der Waals surface area contributed by atoms with Crippen LogP contribution < -0.4 is 14.2 Å². The van der Waals surface area contributed by atoms with Crippen molar-refractivity contribution in [2.45, 2.75) is 44.6 Å². The number of hydrogen-bond acceptors (Lipinski definition) is 15. The van der Waals surface area contributed by atoms with Crippen LogP contribution in [-0.2, 0) is 4.74 Å². The molecule has 0 aromatic heterocycles. The van der Waals surface area contributed by atoms with Crippen LogP contribution in [0.3, 0.4) is 0 Å². The fourth-order valence-electron chi connectivity index (χ4n) is 7.24. The van der Waals surface area contributed by atoms with Gasteiger partial charge in [0.25, 0.3) is 0 Å². The zero-order chi connectivity index (χ0) is 38.4. The number of rotatable bonds is 6. The number of fused-ring (bicyclic) bond motifs is 4. The molecular weight excluding hydrogens is 696 g/mol. The Labute approximate surface area is 299 Å². The van der Waals surface area contributed by atoms with E-state index in [0.29, 0.717) is 11.1 Å². The Kier molecular flexibility index (Phi) is 8.51. The van der Waals surface area contributed by atoms with Gasteiger partial charge in [0, 0.05) is 33.9 Å². The lowest BCUT2D eigenvalue weighted by Crippen LogP contribution is -2.60. The molecule has 5 atom stereocenters. The van der Waals surface area contributed by atoms with Crippen LogP contribution in [0.2, 0.25) is 0 Å². The minimum absolute atomic E-state index is 0.105. The Morgan fingerprint density at radius 1 is 0.566 bits per heavy atom. The standard InChI is InChI=1S/C38H32O15/c1-12-5-14-23(17(40)7-12)33(45)25-16(30(14)42)9-19(50-3)27(35(25)47)26-20(51-4)10-21(52-38-37(49)36(48)32(44)22(11-39)53-38)28-29(26)31(43)15-6-13(2)8-18(41)24(15)34(28)46/h5-10,22,32,36-41,44,47-49H,11H2,1-4H3/t22-,32-,36+,37-,38-/m1/s1. The zero-order valence-corrected chi connectivity index (χ0v) is 28.5. The molecule has 4 aromatic carbocycles. The second-order valence-corrected chi connectivity index (χ2v) is 13.0. The smallest absolute Gasteiger partial charge is 0.229 e. The molecule has 274 valence electrons. The van der Waals surface area contributed by atoms with E-state index in [1.807, 2.05) is 0 Å². The average molecular weight is 729 g/mol. The number of aromatic hydroxyl groups is 3. The molecule has 53 heavy (non-hydrogen) atoms. The van der Waals surface area contributed by atoms with E-state index in [1.165, 1.54) is 44.6 Å². The van der Waals surface area contributed by atoms with Crippen molar-refractivity contribution in [3.8, 4) is 45.6 Å². The van der Waals surface area contributed by atoms with E-state index in [0.717, 1.165) is 6.07 Å². The molecule has 0 radical (unpaired) electrons. The van der Waals surface area contributed by atoms with Crippen molar-refractivity contribution in [3.63, 3.8) is 0 Å². The fourth-order valence-corrected chi connectivity index (χ4v) is 7.24. The lowest BCUT2D eigenvalue weighted by Gasteiger charge is -2.40. The number of benzene rings is 4. The topological polar surface area (TPSA) is 247 Å². The van der Waals surface area contributed by atoms with Crippen LogP contribution in [0.5, 0.6) is 34.5 Å². The maximum atomic E-state index is 14.6. The molecule has 0 bridgehead atoms. The normalized spacial score (nSPS) is 21.8. The molecule has 1 fully saturated rings. The highest BCUT2D eigenvalue weighted by atomic mass is 16.7. The highest BCUT2D eigenvalue weighted by molar-refractivity contribution is 6.34. The second kappa shape index (κ2) is 12.7. The van der Waals surface area contributed by atoms with Gasteiger partial charge in [-0.15, -0.1) is 0 Å². The van der Waals surface area contributed by atoms with Gasteiger partial charge in [-0.25, -0.2) is 0 Å². The van der Waals surface area contributed by atoms with Crippen LogP contribution in [-0.4, -0.2) is 110 Å². The summed E-state index contributed by atoms with van der Waals surface area (Å²) in [6.07, 6.45) is -8.82. The van der Waals surface area contributed by atoms with Crippen molar-refractivity contribution in [1.29, 1.82) is 0 Å². The Bertz CT molecular complexity index is 2310. The van der Waals surface area contributed by atoms with Gasteiger partial charge in [0.2, 0.25) is 17.9 Å². The number of methoxy groups -OCH3 is 2. The molecular formula is C38H32O15. The second-order valence-electron chi connectivity index (χ2n) is 13.0. The van der Waals surface area contributed by atoms with Gasteiger partial charge in [-0.05, 0) is 55.3 Å². The summed E-state index contributed by atoms with van der Waals surface area (Å²) < 4.78 is 22.7. The van der Waals surface area contributed by atoms with E-state index in [2.05, 4.69) is 0 Å². The molecule has 1 aliphatic heterocycles. The predicted molar refractivity (Wildman–Crippen MR) is 180 cm³/mol. The van der Waals surface area contributed by atoms with E-state index in [-0.39, 0.29) is 44.9 Å². The number of phenols is 3. The number of phenolic OH excluding ortho intramolecular Hbond substituents is 3. The van der Waals surface area contributed by atoms with Gasteiger partial charge >= 0.3 is 0 Å².